The van der Waals surface area contributed by atoms with Gasteiger partial charge in [0.25, 0.3) is 0 Å². The molecule has 5 nitrogen and oxygen atoms in total. The summed E-state index contributed by atoms with van der Waals surface area (Å²) < 4.78 is 5.64. The molecule has 6 heteroatoms. The minimum Gasteiger partial charge on any atom is -0.374 e. The van der Waals surface area contributed by atoms with E-state index in [2.05, 4.69) is 15.5 Å². The van der Waals surface area contributed by atoms with E-state index in [0.29, 0.717) is 13.1 Å². The first-order valence-electron chi connectivity index (χ1n) is 6.06. The molecule has 0 aromatic rings. The van der Waals surface area contributed by atoms with Crippen molar-refractivity contribution in [2.45, 2.75) is 25.0 Å². The Balaban J connectivity index is 0.00000144. The number of carbonyl (C=O) groups excluding carboxylic acids is 1. The van der Waals surface area contributed by atoms with E-state index in [1.165, 1.54) is 12.8 Å². The van der Waals surface area contributed by atoms with Crippen LogP contribution < -0.4 is 10.6 Å². The smallest absolute Gasteiger partial charge is 0.234 e. The van der Waals surface area contributed by atoms with Gasteiger partial charge in [0.1, 0.15) is 0 Å². The number of rotatable bonds is 5. The highest BCUT2D eigenvalue weighted by atomic mass is 35.5. The molecule has 17 heavy (non-hydrogen) atoms. The highest BCUT2D eigenvalue weighted by Crippen LogP contribution is 2.27. The molecule has 0 aromatic heterocycles. The van der Waals surface area contributed by atoms with Gasteiger partial charge in [0.2, 0.25) is 5.91 Å². The molecular formula is C11H22ClN3O2. The molecule has 2 rings (SSSR count). The van der Waals surface area contributed by atoms with Crippen LogP contribution in [-0.2, 0) is 9.53 Å². The second-order valence-corrected chi connectivity index (χ2v) is 4.55. The molecule has 1 heterocycles. The maximum Gasteiger partial charge on any atom is 0.234 e. The molecule has 1 aliphatic heterocycles. The Morgan fingerprint density at radius 1 is 1.47 bits per heavy atom. The third-order valence-electron chi connectivity index (χ3n) is 3.10. The molecule has 2 fully saturated rings. The number of hydrogen-bond donors (Lipinski definition) is 2. The van der Waals surface area contributed by atoms with Gasteiger partial charge in [-0.15, -0.1) is 12.4 Å². The minimum absolute atomic E-state index is 0. The summed E-state index contributed by atoms with van der Waals surface area (Å²) in [5, 5.41) is 5.71. The lowest BCUT2D eigenvalue weighted by Gasteiger charge is -2.33. The van der Waals surface area contributed by atoms with Crippen molar-refractivity contribution in [2.75, 3.05) is 39.8 Å². The summed E-state index contributed by atoms with van der Waals surface area (Å²) >= 11 is 0. The number of hydrogen-bond acceptors (Lipinski definition) is 4. The van der Waals surface area contributed by atoms with Crippen LogP contribution in [0.1, 0.15) is 12.8 Å². The Hall–Kier alpha value is -0.360. The summed E-state index contributed by atoms with van der Waals surface area (Å²) in [4.78, 5) is 13.8. The van der Waals surface area contributed by atoms with E-state index in [4.69, 9.17) is 4.74 Å². The van der Waals surface area contributed by atoms with E-state index in [9.17, 15) is 4.79 Å². The number of carbonyl (C=O) groups is 1. The standard InChI is InChI=1S/C11H21N3O2.ClH/c1-12-7-11(15)13-6-10-8-14(4-5-16-10)9-2-3-9;/h9-10,12H,2-8H2,1H3,(H,13,15);1H. The van der Waals surface area contributed by atoms with Crippen LogP contribution in [0.2, 0.25) is 0 Å². The Kier molecular flexibility index (Phi) is 6.19. The maximum atomic E-state index is 11.3. The summed E-state index contributed by atoms with van der Waals surface area (Å²) in [6.07, 6.45) is 2.83. The van der Waals surface area contributed by atoms with Crippen molar-refractivity contribution in [2.24, 2.45) is 0 Å². The molecule has 1 amide bonds. The van der Waals surface area contributed by atoms with Gasteiger partial charge in [-0.25, -0.2) is 0 Å². The second kappa shape index (κ2) is 7.16. The molecule has 1 aliphatic carbocycles. The van der Waals surface area contributed by atoms with Crippen LogP contribution in [0.5, 0.6) is 0 Å². The summed E-state index contributed by atoms with van der Waals surface area (Å²) in [5.74, 6) is 0.0367. The molecule has 0 radical (unpaired) electrons. The molecule has 100 valence electrons. The first kappa shape index (κ1) is 14.7. The lowest BCUT2D eigenvalue weighted by atomic mass is 10.2. The molecule has 0 bridgehead atoms. The fourth-order valence-electron chi connectivity index (χ4n) is 2.09. The maximum absolute atomic E-state index is 11.3. The van der Waals surface area contributed by atoms with E-state index < -0.39 is 0 Å². The van der Waals surface area contributed by atoms with Gasteiger partial charge in [0.05, 0.1) is 19.3 Å². The molecule has 0 spiro atoms. The fourth-order valence-corrected chi connectivity index (χ4v) is 2.09. The summed E-state index contributed by atoms with van der Waals surface area (Å²) in [5.41, 5.74) is 0. The van der Waals surface area contributed by atoms with Gasteiger partial charge < -0.3 is 15.4 Å². The van der Waals surface area contributed by atoms with Crippen LogP contribution in [0.4, 0.5) is 0 Å². The molecule has 1 atom stereocenters. The Bertz CT molecular complexity index is 249. The Labute approximate surface area is 109 Å². The van der Waals surface area contributed by atoms with Crippen molar-refractivity contribution < 1.29 is 9.53 Å². The van der Waals surface area contributed by atoms with E-state index >= 15 is 0 Å². The van der Waals surface area contributed by atoms with Crippen LogP contribution in [-0.4, -0.2) is 62.8 Å². The highest BCUT2D eigenvalue weighted by molar-refractivity contribution is 5.85. The molecule has 1 saturated carbocycles. The van der Waals surface area contributed by atoms with Gasteiger partial charge in [0, 0.05) is 25.7 Å². The molecule has 1 saturated heterocycles. The number of morpholine rings is 1. The van der Waals surface area contributed by atoms with Gasteiger partial charge in [-0.3, -0.25) is 9.69 Å². The van der Waals surface area contributed by atoms with Crippen LogP contribution in [0.15, 0.2) is 0 Å². The topological polar surface area (TPSA) is 53.6 Å². The number of amides is 1. The third-order valence-corrected chi connectivity index (χ3v) is 3.10. The Morgan fingerprint density at radius 3 is 2.88 bits per heavy atom. The summed E-state index contributed by atoms with van der Waals surface area (Å²) in [6.45, 7) is 3.81. The number of nitrogens with zero attached hydrogens (tertiary/aromatic N) is 1. The van der Waals surface area contributed by atoms with Gasteiger partial charge >= 0.3 is 0 Å². The van der Waals surface area contributed by atoms with E-state index in [1.807, 2.05) is 0 Å². The molecule has 2 N–H and O–H groups in total. The lowest BCUT2D eigenvalue weighted by molar-refractivity contribution is -0.121. The summed E-state index contributed by atoms with van der Waals surface area (Å²) in [6, 6.07) is 0.791. The van der Waals surface area contributed by atoms with Gasteiger partial charge in [-0.1, -0.05) is 0 Å². The van der Waals surface area contributed by atoms with Gasteiger partial charge in [-0.2, -0.15) is 0 Å². The molecule has 1 unspecified atom stereocenters. The van der Waals surface area contributed by atoms with Crippen molar-refractivity contribution >= 4 is 18.3 Å². The average molecular weight is 264 g/mol. The van der Waals surface area contributed by atoms with Crippen molar-refractivity contribution in [1.82, 2.24) is 15.5 Å². The van der Waals surface area contributed by atoms with Gasteiger partial charge in [-0.05, 0) is 19.9 Å². The molecular weight excluding hydrogens is 242 g/mol. The lowest BCUT2D eigenvalue weighted by Crippen LogP contribution is -2.49. The quantitative estimate of drug-likeness (QED) is 0.709. The number of ether oxygens (including phenoxy) is 1. The van der Waals surface area contributed by atoms with E-state index in [-0.39, 0.29) is 24.4 Å². The van der Waals surface area contributed by atoms with Crippen LogP contribution in [0, 0.1) is 0 Å². The van der Waals surface area contributed by atoms with Crippen LogP contribution >= 0.6 is 12.4 Å². The fraction of sp³-hybridized carbons (Fsp3) is 0.909. The first-order chi connectivity index (χ1) is 7.79. The zero-order valence-corrected chi connectivity index (χ0v) is 11.1. The SMILES string of the molecule is CNCC(=O)NCC1CN(C2CC2)CCO1.Cl. The van der Waals surface area contributed by atoms with E-state index in [1.54, 1.807) is 7.05 Å². The highest BCUT2D eigenvalue weighted by Gasteiger charge is 2.32. The van der Waals surface area contributed by atoms with Crippen LogP contribution in [0.3, 0.4) is 0 Å². The van der Waals surface area contributed by atoms with Gasteiger partial charge in [0.15, 0.2) is 0 Å². The first-order valence-corrected chi connectivity index (χ1v) is 6.06. The normalized spacial score (nSPS) is 25.1. The third kappa shape index (κ3) is 4.79. The second-order valence-electron chi connectivity index (χ2n) is 4.55. The number of likely N-dealkylation sites (N-methyl/N-ethyl adjacent to an activating group) is 1. The zero-order chi connectivity index (χ0) is 11.4. The predicted molar refractivity (Wildman–Crippen MR) is 68.5 cm³/mol. The summed E-state index contributed by atoms with van der Waals surface area (Å²) in [7, 11) is 1.77. The number of nitrogens with one attached hydrogen (secondary N) is 2. The minimum atomic E-state index is 0. The van der Waals surface area contributed by atoms with Crippen molar-refractivity contribution in [3.05, 3.63) is 0 Å². The van der Waals surface area contributed by atoms with Crippen molar-refractivity contribution in [3.63, 3.8) is 0 Å². The van der Waals surface area contributed by atoms with Crippen molar-refractivity contribution in [3.8, 4) is 0 Å². The predicted octanol–water partition coefficient (Wildman–Crippen LogP) is -0.393. The van der Waals surface area contributed by atoms with Crippen LogP contribution in [0.25, 0.3) is 0 Å². The van der Waals surface area contributed by atoms with Crippen molar-refractivity contribution in [1.29, 1.82) is 0 Å². The van der Waals surface area contributed by atoms with E-state index in [0.717, 1.165) is 25.7 Å². The largest absolute Gasteiger partial charge is 0.374 e. The molecule has 2 aliphatic rings. The monoisotopic (exact) mass is 263 g/mol. The zero-order valence-electron chi connectivity index (χ0n) is 10.3. The molecule has 0 aromatic carbocycles. The Morgan fingerprint density at radius 2 is 2.24 bits per heavy atom. The number of halogens is 1. The average Bonchev–Trinajstić information content (AvgIpc) is 3.11.